The molecule has 0 radical (unpaired) electrons. The number of hydrogen-bond acceptors (Lipinski definition) is 2. The zero-order valence-electron chi connectivity index (χ0n) is 12.5. The van der Waals surface area contributed by atoms with Crippen LogP contribution in [0.1, 0.15) is 31.2 Å². The van der Waals surface area contributed by atoms with Crippen molar-refractivity contribution in [3.05, 3.63) is 35.9 Å². The molecule has 1 aromatic carbocycles. The monoisotopic (exact) mass is 289 g/mol. The molecular weight excluding hydrogens is 266 g/mol. The second-order valence-electron chi connectivity index (χ2n) is 5.38. The number of primary amides is 1. The van der Waals surface area contributed by atoms with Crippen LogP contribution in [-0.4, -0.2) is 47.9 Å². The molecule has 5 heteroatoms. The molecule has 1 heterocycles. The molecule has 0 bridgehead atoms. The van der Waals surface area contributed by atoms with Crippen molar-refractivity contribution in [2.45, 2.75) is 25.7 Å². The third-order valence-corrected chi connectivity index (χ3v) is 4.03. The number of carbonyl (C=O) groups excluding carboxylic acids is 2. The summed E-state index contributed by atoms with van der Waals surface area (Å²) >= 11 is 0. The minimum absolute atomic E-state index is 0.105. The lowest BCUT2D eigenvalue weighted by atomic mass is 9.95. The van der Waals surface area contributed by atoms with Crippen LogP contribution in [0.4, 0.5) is 4.79 Å². The summed E-state index contributed by atoms with van der Waals surface area (Å²) in [5, 5.41) is 0. The van der Waals surface area contributed by atoms with Gasteiger partial charge in [0.25, 0.3) is 0 Å². The lowest BCUT2D eigenvalue weighted by molar-refractivity contribution is -0.132. The van der Waals surface area contributed by atoms with Crippen LogP contribution < -0.4 is 5.73 Å². The first-order valence-corrected chi connectivity index (χ1v) is 7.51. The lowest BCUT2D eigenvalue weighted by Crippen LogP contribution is -2.41. The molecule has 3 amide bonds. The number of nitrogens with zero attached hydrogens (tertiary/aromatic N) is 2. The smallest absolute Gasteiger partial charge is 0.314 e. The maximum Gasteiger partial charge on any atom is 0.314 e. The van der Waals surface area contributed by atoms with Gasteiger partial charge in [-0.15, -0.1) is 0 Å². The van der Waals surface area contributed by atoms with Crippen molar-refractivity contribution < 1.29 is 9.59 Å². The maximum absolute atomic E-state index is 12.8. The predicted octanol–water partition coefficient (Wildman–Crippen LogP) is 1.79. The van der Waals surface area contributed by atoms with Crippen molar-refractivity contribution in [1.29, 1.82) is 0 Å². The van der Waals surface area contributed by atoms with Gasteiger partial charge in [-0.2, -0.15) is 0 Å². The third-order valence-electron chi connectivity index (χ3n) is 4.03. The van der Waals surface area contributed by atoms with Crippen LogP contribution >= 0.6 is 0 Å². The molecule has 5 nitrogen and oxygen atoms in total. The predicted molar refractivity (Wildman–Crippen MR) is 81.8 cm³/mol. The number of rotatable bonds is 3. The van der Waals surface area contributed by atoms with Crippen LogP contribution in [0.15, 0.2) is 30.3 Å². The molecule has 1 aliphatic rings. The van der Waals surface area contributed by atoms with E-state index >= 15 is 0 Å². The first-order chi connectivity index (χ1) is 10.1. The molecule has 1 aromatic rings. The molecule has 1 fully saturated rings. The molecule has 114 valence electrons. The Morgan fingerprint density at radius 3 is 2.33 bits per heavy atom. The Morgan fingerprint density at radius 2 is 1.71 bits per heavy atom. The molecular formula is C16H23N3O2. The van der Waals surface area contributed by atoms with E-state index in [1.54, 1.807) is 4.90 Å². The fraction of sp³-hybridized carbons (Fsp3) is 0.500. The van der Waals surface area contributed by atoms with Crippen molar-refractivity contribution in [2.75, 3.05) is 26.2 Å². The lowest BCUT2D eigenvalue weighted by Gasteiger charge is -2.26. The van der Waals surface area contributed by atoms with Crippen molar-refractivity contribution in [3.63, 3.8) is 0 Å². The summed E-state index contributed by atoms with van der Waals surface area (Å²) in [6, 6.07) is 9.47. The standard InChI is InChI=1S/C16H23N3O2/c1-2-14(13-7-4-3-5-8-13)15(20)18-9-6-10-19(12-11-18)16(17)21/h3-5,7-8,14H,2,6,9-12H2,1H3,(H2,17,21). The Kier molecular flexibility index (Phi) is 5.20. The summed E-state index contributed by atoms with van der Waals surface area (Å²) in [5.74, 6) is 0.0429. The fourth-order valence-corrected chi connectivity index (χ4v) is 2.82. The summed E-state index contributed by atoms with van der Waals surface area (Å²) in [4.78, 5) is 27.5. The third kappa shape index (κ3) is 3.74. The Balaban J connectivity index is 2.06. The zero-order valence-corrected chi connectivity index (χ0v) is 12.5. The molecule has 1 aliphatic heterocycles. The fourth-order valence-electron chi connectivity index (χ4n) is 2.82. The molecule has 21 heavy (non-hydrogen) atoms. The summed E-state index contributed by atoms with van der Waals surface area (Å²) in [7, 11) is 0. The van der Waals surface area contributed by atoms with Gasteiger partial charge in [0, 0.05) is 26.2 Å². The van der Waals surface area contributed by atoms with E-state index in [0.717, 1.165) is 18.4 Å². The molecule has 0 spiro atoms. The SMILES string of the molecule is CCC(C(=O)N1CCCN(C(N)=O)CC1)c1ccccc1. The molecule has 2 N–H and O–H groups in total. The van der Waals surface area contributed by atoms with Gasteiger partial charge in [-0.1, -0.05) is 37.3 Å². The summed E-state index contributed by atoms with van der Waals surface area (Å²) < 4.78 is 0. The average molecular weight is 289 g/mol. The van der Waals surface area contributed by atoms with Gasteiger partial charge < -0.3 is 15.5 Å². The Hall–Kier alpha value is -2.04. The molecule has 1 saturated heterocycles. The number of carbonyl (C=O) groups is 2. The van der Waals surface area contributed by atoms with Crippen LogP contribution in [0.25, 0.3) is 0 Å². The van der Waals surface area contributed by atoms with E-state index in [1.807, 2.05) is 42.2 Å². The van der Waals surface area contributed by atoms with E-state index in [-0.39, 0.29) is 11.8 Å². The molecule has 1 atom stereocenters. The summed E-state index contributed by atoms with van der Waals surface area (Å²) in [6.45, 7) is 4.42. The van der Waals surface area contributed by atoms with E-state index in [0.29, 0.717) is 26.2 Å². The highest BCUT2D eigenvalue weighted by Gasteiger charge is 2.26. The van der Waals surface area contributed by atoms with E-state index in [1.165, 1.54) is 0 Å². The largest absolute Gasteiger partial charge is 0.351 e. The number of nitrogens with two attached hydrogens (primary N) is 1. The minimum Gasteiger partial charge on any atom is -0.351 e. The average Bonchev–Trinajstić information content (AvgIpc) is 2.75. The first kappa shape index (κ1) is 15.4. The van der Waals surface area contributed by atoms with Gasteiger partial charge in [0.15, 0.2) is 0 Å². The number of urea groups is 1. The van der Waals surface area contributed by atoms with E-state index in [2.05, 4.69) is 0 Å². The van der Waals surface area contributed by atoms with Crippen LogP contribution in [0.3, 0.4) is 0 Å². The topological polar surface area (TPSA) is 66.6 Å². The van der Waals surface area contributed by atoms with E-state index in [4.69, 9.17) is 5.73 Å². The van der Waals surface area contributed by atoms with E-state index in [9.17, 15) is 9.59 Å². The number of benzene rings is 1. The normalized spacial score (nSPS) is 17.2. The summed E-state index contributed by atoms with van der Waals surface area (Å²) in [6.07, 6.45) is 1.55. The summed E-state index contributed by atoms with van der Waals surface area (Å²) in [5.41, 5.74) is 6.38. The van der Waals surface area contributed by atoms with Gasteiger partial charge in [0.2, 0.25) is 5.91 Å². The van der Waals surface area contributed by atoms with Gasteiger partial charge >= 0.3 is 6.03 Å². The van der Waals surface area contributed by atoms with Gasteiger partial charge in [0.1, 0.15) is 0 Å². The first-order valence-electron chi connectivity index (χ1n) is 7.51. The van der Waals surface area contributed by atoms with Crippen LogP contribution in [-0.2, 0) is 4.79 Å². The molecule has 1 unspecified atom stereocenters. The quantitative estimate of drug-likeness (QED) is 0.922. The van der Waals surface area contributed by atoms with Gasteiger partial charge in [-0.3, -0.25) is 4.79 Å². The van der Waals surface area contributed by atoms with Gasteiger partial charge in [0.05, 0.1) is 5.92 Å². The van der Waals surface area contributed by atoms with Gasteiger partial charge in [-0.05, 0) is 18.4 Å². The second-order valence-corrected chi connectivity index (χ2v) is 5.38. The Labute approximate surface area is 125 Å². The Bertz CT molecular complexity index is 490. The zero-order chi connectivity index (χ0) is 15.2. The minimum atomic E-state index is -0.403. The highest BCUT2D eigenvalue weighted by atomic mass is 16.2. The molecule has 0 saturated carbocycles. The molecule has 0 aromatic heterocycles. The van der Waals surface area contributed by atoms with Crippen molar-refractivity contribution in [3.8, 4) is 0 Å². The van der Waals surface area contributed by atoms with Crippen LogP contribution in [0.5, 0.6) is 0 Å². The Morgan fingerprint density at radius 1 is 1.10 bits per heavy atom. The number of hydrogen-bond donors (Lipinski definition) is 1. The van der Waals surface area contributed by atoms with Crippen molar-refractivity contribution in [2.24, 2.45) is 5.73 Å². The van der Waals surface area contributed by atoms with Gasteiger partial charge in [-0.25, -0.2) is 4.79 Å². The number of amides is 3. The second kappa shape index (κ2) is 7.11. The highest BCUT2D eigenvalue weighted by molar-refractivity contribution is 5.84. The van der Waals surface area contributed by atoms with Crippen molar-refractivity contribution >= 4 is 11.9 Å². The highest BCUT2D eigenvalue weighted by Crippen LogP contribution is 2.22. The maximum atomic E-state index is 12.8. The van der Waals surface area contributed by atoms with Crippen LogP contribution in [0, 0.1) is 0 Å². The van der Waals surface area contributed by atoms with Crippen LogP contribution in [0.2, 0.25) is 0 Å². The molecule has 2 rings (SSSR count). The van der Waals surface area contributed by atoms with E-state index < -0.39 is 6.03 Å². The molecule has 0 aliphatic carbocycles. The van der Waals surface area contributed by atoms with Crippen molar-refractivity contribution in [1.82, 2.24) is 9.80 Å².